The Bertz CT molecular complexity index is 573. The number of urea groups is 1. The zero-order valence-corrected chi connectivity index (χ0v) is 13.5. The second kappa shape index (κ2) is 7.99. The molecule has 0 aliphatic carbocycles. The average Bonchev–Trinajstić information content (AvgIpc) is 2.45. The van der Waals surface area contributed by atoms with Gasteiger partial charge in [0.15, 0.2) is 0 Å². The van der Waals surface area contributed by atoms with Gasteiger partial charge in [0.25, 0.3) is 0 Å². The van der Waals surface area contributed by atoms with Crippen LogP contribution in [0.3, 0.4) is 0 Å². The number of hydrogen-bond acceptors (Lipinski definition) is 3. The summed E-state index contributed by atoms with van der Waals surface area (Å²) in [7, 11) is -1.90. The summed E-state index contributed by atoms with van der Waals surface area (Å²) in [4.78, 5) is 11.6. The Morgan fingerprint density at radius 3 is 2.57 bits per heavy atom. The van der Waals surface area contributed by atoms with E-state index in [4.69, 9.17) is 0 Å². The first-order valence-corrected chi connectivity index (χ1v) is 8.55. The monoisotopic (exact) mass is 313 g/mol. The zero-order valence-electron chi connectivity index (χ0n) is 12.6. The van der Waals surface area contributed by atoms with E-state index in [1.807, 2.05) is 19.9 Å². The van der Waals surface area contributed by atoms with Crippen LogP contribution in [-0.4, -0.2) is 27.5 Å². The van der Waals surface area contributed by atoms with Gasteiger partial charge in [0.05, 0.1) is 5.75 Å². The van der Waals surface area contributed by atoms with Crippen molar-refractivity contribution in [2.24, 2.45) is 0 Å². The molecule has 0 fully saturated rings. The molecule has 0 heterocycles. The Hall–Kier alpha value is -1.60. The fourth-order valence-electron chi connectivity index (χ4n) is 1.68. The molecule has 3 N–H and O–H groups in total. The van der Waals surface area contributed by atoms with Crippen molar-refractivity contribution in [3.63, 3.8) is 0 Å². The van der Waals surface area contributed by atoms with Gasteiger partial charge < -0.3 is 10.6 Å². The van der Waals surface area contributed by atoms with Gasteiger partial charge in [-0.05, 0) is 31.5 Å². The molecular weight excluding hydrogens is 290 g/mol. The third-order valence-corrected chi connectivity index (χ3v) is 4.44. The molecule has 118 valence electrons. The maximum Gasteiger partial charge on any atom is 0.315 e. The lowest BCUT2D eigenvalue weighted by Gasteiger charge is -2.13. The van der Waals surface area contributed by atoms with Crippen molar-refractivity contribution in [2.45, 2.75) is 38.6 Å². The SMILES string of the molecule is CCC(C)NC(=O)NCc1cccc(CS(=O)(=O)NC)c1. The van der Waals surface area contributed by atoms with Crippen molar-refractivity contribution in [3.05, 3.63) is 35.4 Å². The van der Waals surface area contributed by atoms with Crippen molar-refractivity contribution in [1.29, 1.82) is 0 Å². The molecule has 7 heteroatoms. The molecule has 0 spiro atoms. The maximum absolute atomic E-state index is 11.6. The molecule has 0 aliphatic heterocycles. The molecule has 1 aromatic rings. The fourth-order valence-corrected chi connectivity index (χ4v) is 2.44. The lowest BCUT2D eigenvalue weighted by atomic mass is 10.1. The molecule has 6 nitrogen and oxygen atoms in total. The number of amides is 2. The highest BCUT2D eigenvalue weighted by atomic mass is 32.2. The van der Waals surface area contributed by atoms with E-state index in [0.29, 0.717) is 12.1 Å². The molecule has 1 rings (SSSR count). The summed E-state index contributed by atoms with van der Waals surface area (Å²) in [5.74, 6) is -0.0730. The minimum absolute atomic E-state index is 0.0730. The zero-order chi connectivity index (χ0) is 15.9. The Morgan fingerprint density at radius 1 is 1.29 bits per heavy atom. The van der Waals surface area contributed by atoms with Gasteiger partial charge in [-0.3, -0.25) is 0 Å². The first-order valence-electron chi connectivity index (χ1n) is 6.89. The normalized spacial score (nSPS) is 12.7. The number of rotatable bonds is 7. The van der Waals surface area contributed by atoms with E-state index in [1.54, 1.807) is 18.2 Å². The summed E-state index contributed by atoms with van der Waals surface area (Å²) in [6.45, 7) is 4.29. The Kier molecular flexibility index (Phi) is 6.64. The van der Waals surface area contributed by atoms with Gasteiger partial charge in [-0.2, -0.15) is 0 Å². The molecule has 1 atom stereocenters. The molecule has 0 saturated heterocycles. The van der Waals surface area contributed by atoms with Crippen LogP contribution < -0.4 is 15.4 Å². The highest BCUT2D eigenvalue weighted by Crippen LogP contribution is 2.08. The predicted molar refractivity (Wildman–Crippen MR) is 83.2 cm³/mol. The molecule has 0 saturated carbocycles. The van der Waals surface area contributed by atoms with Gasteiger partial charge in [-0.1, -0.05) is 31.2 Å². The third kappa shape index (κ3) is 6.59. The lowest BCUT2D eigenvalue weighted by molar-refractivity contribution is 0.237. The van der Waals surface area contributed by atoms with Crippen molar-refractivity contribution in [2.75, 3.05) is 7.05 Å². The number of benzene rings is 1. The first-order chi connectivity index (χ1) is 9.86. The second-order valence-corrected chi connectivity index (χ2v) is 6.85. The van der Waals surface area contributed by atoms with E-state index in [2.05, 4.69) is 15.4 Å². The Balaban J connectivity index is 2.59. The van der Waals surface area contributed by atoms with Crippen LogP contribution in [0.25, 0.3) is 0 Å². The van der Waals surface area contributed by atoms with E-state index >= 15 is 0 Å². The van der Waals surface area contributed by atoms with E-state index in [-0.39, 0.29) is 17.8 Å². The third-order valence-electron chi connectivity index (χ3n) is 3.10. The maximum atomic E-state index is 11.6. The van der Waals surface area contributed by atoms with Gasteiger partial charge in [-0.15, -0.1) is 0 Å². The molecule has 0 aliphatic rings. The van der Waals surface area contributed by atoms with Crippen molar-refractivity contribution in [1.82, 2.24) is 15.4 Å². The van der Waals surface area contributed by atoms with E-state index in [1.165, 1.54) is 7.05 Å². The Labute approximate surface area is 126 Å². The van der Waals surface area contributed by atoms with Gasteiger partial charge in [-0.25, -0.2) is 17.9 Å². The van der Waals surface area contributed by atoms with E-state index < -0.39 is 10.0 Å². The summed E-state index contributed by atoms with van der Waals surface area (Å²) in [6.07, 6.45) is 0.866. The highest BCUT2D eigenvalue weighted by Gasteiger charge is 2.09. The fraction of sp³-hybridized carbons (Fsp3) is 0.500. The highest BCUT2D eigenvalue weighted by molar-refractivity contribution is 7.88. The molecular formula is C14H23N3O3S. The van der Waals surface area contributed by atoms with Crippen LogP contribution in [0, 0.1) is 0 Å². The molecule has 0 aromatic heterocycles. The summed E-state index contributed by atoms with van der Waals surface area (Å²) >= 11 is 0. The van der Waals surface area contributed by atoms with Crippen LogP contribution in [0.1, 0.15) is 31.4 Å². The summed E-state index contributed by atoms with van der Waals surface area (Å²) in [5.41, 5.74) is 1.55. The van der Waals surface area contributed by atoms with Crippen molar-refractivity contribution in [3.8, 4) is 0 Å². The lowest BCUT2D eigenvalue weighted by Crippen LogP contribution is -2.40. The van der Waals surface area contributed by atoms with Gasteiger partial charge in [0, 0.05) is 12.6 Å². The second-order valence-electron chi connectivity index (χ2n) is 4.92. The van der Waals surface area contributed by atoms with Crippen molar-refractivity contribution < 1.29 is 13.2 Å². The number of sulfonamides is 1. The van der Waals surface area contributed by atoms with Gasteiger partial charge >= 0.3 is 6.03 Å². The molecule has 2 amide bonds. The minimum Gasteiger partial charge on any atom is -0.336 e. The molecule has 0 radical (unpaired) electrons. The van der Waals surface area contributed by atoms with Gasteiger partial charge in [0.1, 0.15) is 0 Å². The minimum atomic E-state index is -3.29. The molecule has 21 heavy (non-hydrogen) atoms. The quantitative estimate of drug-likeness (QED) is 0.710. The van der Waals surface area contributed by atoms with E-state index in [0.717, 1.165) is 12.0 Å². The standard InChI is InChI=1S/C14H23N3O3S/c1-4-11(2)17-14(18)16-9-12-6-5-7-13(8-12)10-21(19,20)15-3/h5-8,11,15H,4,9-10H2,1-3H3,(H2,16,17,18). The number of carbonyl (C=O) groups is 1. The van der Waals surface area contributed by atoms with Crippen LogP contribution in [0.4, 0.5) is 4.79 Å². The van der Waals surface area contributed by atoms with Gasteiger partial charge in [0.2, 0.25) is 10.0 Å². The number of nitrogens with one attached hydrogen (secondary N) is 3. The predicted octanol–water partition coefficient (Wildman–Crippen LogP) is 1.33. The molecule has 1 aromatic carbocycles. The van der Waals surface area contributed by atoms with Crippen LogP contribution in [0.5, 0.6) is 0 Å². The summed E-state index contributed by atoms with van der Waals surface area (Å²) in [5, 5.41) is 5.56. The number of carbonyl (C=O) groups excluding carboxylic acids is 1. The Morgan fingerprint density at radius 2 is 1.95 bits per heavy atom. The van der Waals surface area contributed by atoms with Crippen LogP contribution >= 0.6 is 0 Å². The van der Waals surface area contributed by atoms with E-state index in [9.17, 15) is 13.2 Å². The van der Waals surface area contributed by atoms with Crippen LogP contribution in [0.2, 0.25) is 0 Å². The smallest absolute Gasteiger partial charge is 0.315 e. The topological polar surface area (TPSA) is 87.3 Å². The first kappa shape index (κ1) is 17.5. The summed E-state index contributed by atoms with van der Waals surface area (Å²) < 4.78 is 25.3. The average molecular weight is 313 g/mol. The summed E-state index contributed by atoms with van der Waals surface area (Å²) in [6, 6.07) is 7.05. The molecule has 1 unspecified atom stereocenters. The largest absolute Gasteiger partial charge is 0.336 e. The molecule has 0 bridgehead atoms. The number of hydrogen-bond donors (Lipinski definition) is 3. The van der Waals surface area contributed by atoms with Crippen LogP contribution in [-0.2, 0) is 22.3 Å². The van der Waals surface area contributed by atoms with Crippen molar-refractivity contribution >= 4 is 16.1 Å². The van der Waals surface area contributed by atoms with Crippen LogP contribution in [0.15, 0.2) is 24.3 Å².